The van der Waals surface area contributed by atoms with E-state index in [2.05, 4.69) is 0 Å². The van der Waals surface area contributed by atoms with E-state index in [1.807, 2.05) is 20.8 Å². The van der Waals surface area contributed by atoms with E-state index >= 15 is 4.39 Å². The van der Waals surface area contributed by atoms with E-state index in [4.69, 9.17) is 4.74 Å². The fourth-order valence-electron chi connectivity index (χ4n) is 7.69. The molecule has 0 unspecified atom stereocenters. The Hall–Kier alpha value is -1.90. The molecule has 0 aromatic carbocycles. The van der Waals surface area contributed by atoms with E-state index in [0.29, 0.717) is 24.8 Å². The number of alkyl halides is 1. The quantitative estimate of drug-likeness (QED) is 0.490. The molecule has 0 bridgehead atoms. The van der Waals surface area contributed by atoms with Crippen LogP contribution in [-0.4, -0.2) is 62.4 Å². The molecule has 4 rings (SSSR count). The number of halogens is 1. The van der Waals surface area contributed by atoms with Crippen LogP contribution in [0.4, 0.5) is 4.39 Å². The Labute approximate surface area is 212 Å². The topological polar surface area (TPSA) is 121 Å². The van der Waals surface area contributed by atoms with Crippen molar-refractivity contribution in [3.05, 3.63) is 23.8 Å². The smallest absolute Gasteiger partial charge is 0.303 e. The Bertz CT molecular complexity index is 996. The van der Waals surface area contributed by atoms with Crippen LogP contribution in [0.1, 0.15) is 74.1 Å². The number of esters is 1. The zero-order valence-electron chi connectivity index (χ0n) is 22.4. The number of allylic oxidation sites excluding steroid dienone is 4. The zero-order valence-corrected chi connectivity index (χ0v) is 22.4. The van der Waals surface area contributed by atoms with Crippen molar-refractivity contribution >= 4 is 17.5 Å². The Kier molecular flexibility index (Phi) is 7.28. The number of ether oxygens (including phenoxy) is 1. The third-order valence-electron chi connectivity index (χ3n) is 9.24. The summed E-state index contributed by atoms with van der Waals surface area (Å²) in [5.74, 6) is -2.34. The normalized spacial score (nSPS) is 43.3. The van der Waals surface area contributed by atoms with Crippen molar-refractivity contribution in [3.8, 4) is 0 Å². The molecule has 0 aliphatic heterocycles. The van der Waals surface area contributed by atoms with Crippen LogP contribution in [0.3, 0.4) is 0 Å². The lowest BCUT2D eigenvalue weighted by Gasteiger charge is -2.62. The first kappa shape index (κ1) is 28.7. The summed E-state index contributed by atoms with van der Waals surface area (Å²) < 4.78 is 21.7. The van der Waals surface area contributed by atoms with Crippen molar-refractivity contribution in [2.24, 2.45) is 28.6 Å². The maximum atomic E-state index is 16.9. The number of carbonyl (C=O) groups excluding carboxylic acids is 3. The summed E-state index contributed by atoms with van der Waals surface area (Å²) in [6.07, 6.45) is 4.44. The Balaban J connectivity index is 0.000000392. The van der Waals surface area contributed by atoms with Crippen LogP contribution in [-0.2, 0) is 19.1 Å². The van der Waals surface area contributed by atoms with Gasteiger partial charge in [-0.25, -0.2) is 4.39 Å². The lowest BCUT2D eigenvalue weighted by atomic mass is 9.44. The molecule has 0 spiro atoms. The second-order valence-corrected chi connectivity index (χ2v) is 12.5. The molecular weight excluding hydrogens is 467 g/mol. The number of Topliss-reactive ketones (excluding diaryl/α,β-unsaturated/α-hetero) is 1. The summed E-state index contributed by atoms with van der Waals surface area (Å²) in [6, 6.07) is 0. The number of hydrogen-bond donors (Lipinski definition) is 3. The summed E-state index contributed by atoms with van der Waals surface area (Å²) in [6.45, 7) is 11.4. The van der Waals surface area contributed by atoms with Gasteiger partial charge in [0.05, 0.1) is 6.10 Å². The molecule has 4 aliphatic carbocycles. The van der Waals surface area contributed by atoms with Crippen LogP contribution < -0.4 is 0 Å². The van der Waals surface area contributed by atoms with Gasteiger partial charge in [-0.2, -0.15) is 0 Å². The number of hydrogen-bond acceptors (Lipinski definition) is 7. The van der Waals surface area contributed by atoms with Gasteiger partial charge in [0.1, 0.15) is 17.8 Å². The Morgan fingerprint density at radius 1 is 1.22 bits per heavy atom. The SMILES string of the molecule is CC(=O)OC(C)(C)C.C[C@@H]1C[C@H]2[C@@H]3CCC4=CC(=O)C=C[C@]4(C)[C@@]3(F)[C@@H](O)C[C@]2(C)[C@@]1(O)C(=O)CO. The van der Waals surface area contributed by atoms with Gasteiger partial charge in [-0.05, 0) is 77.4 Å². The highest BCUT2D eigenvalue weighted by molar-refractivity contribution is 6.01. The van der Waals surface area contributed by atoms with Crippen molar-refractivity contribution in [1.29, 1.82) is 0 Å². The fourth-order valence-corrected chi connectivity index (χ4v) is 7.69. The van der Waals surface area contributed by atoms with Crippen LogP contribution in [0.5, 0.6) is 0 Å². The first-order valence-corrected chi connectivity index (χ1v) is 12.8. The maximum absolute atomic E-state index is 16.9. The molecular formula is C28H41FO7. The lowest BCUT2D eigenvalue weighted by molar-refractivity contribution is -0.219. The average Bonchev–Trinajstić information content (AvgIpc) is 2.95. The molecule has 3 saturated carbocycles. The molecule has 0 aromatic rings. The van der Waals surface area contributed by atoms with Gasteiger partial charge in [-0.15, -0.1) is 0 Å². The van der Waals surface area contributed by atoms with E-state index in [1.54, 1.807) is 26.8 Å². The summed E-state index contributed by atoms with van der Waals surface area (Å²) in [5, 5.41) is 32.0. The highest BCUT2D eigenvalue weighted by Gasteiger charge is 2.75. The molecule has 8 atom stereocenters. The standard InChI is InChI=1S/C22H29FO5.C6H12O2/c1-12-8-16-15-5-4-13-9-14(25)6-7-19(13,2)21(15,23)17(26)10-20(16,3)22(12,28)18(27)11-24;1-5(7)8-6(2,3)4/h6-7,9,12,15-17,24,26,28H,4-5,8,10-11H2,1-3H3;1-4H3/t12-,15+,16+,17+,19+,20+,21+,22+;/m1./s1. The fraction of sp³-hybridized carbons (Fsp3) is 0.750. The monoisotopic (exact) mass is 508 g/mol. The van der Waals surface area contributed by atoms with E-state index in [9.17, 15) is 29.7 Å². The second kappa shape index (κ2) is 9.14. The molecule has 8 heteroatoms. The lowest BCUT2D eigenvalue weighted by Crippen LogP contribution is -2.69. The van der Waals surface area contributed by atoms with Crippen molar-refractivity contribution in [2.45, 2.75) is 97.1 Å². The van der Waals surface area contributed by atoms with E-state index < -0.39 is 52.4 Å². The summed E-state index contributed by atoms with van der Waals surface area (Å²) in [7, 11) is 0. The van der Waals surface area contributed by atoms with E-state index in [0.717, 1.165) is 0 Å². The third-order valence-corrected chi connectivity index (χ3v) is 9.24. The van der Waals surface area contributed by atoms with Gasteiger partial charge >= 0.3 is 5.97 Å². The molecule has 0 saturated heterocycles. The summed E-state index contributed by atoms with van der Waals surface area (Å²) in [4.78, 5) is 34.6. The largest absolute Gasteiger partial charge is 0.460 e. The highest BCUT2D eigenvalue weighted by atomic mass is 19.1. The van der Waals surface area contributed by atoms with Crippen molar-refractivity contribution < 1.29 is 38.8 Å². The first-order valence-electron chi connectivity index (χ1n) is 12.8. The molecule has 3 N–H and O–H groups in total. The minimum absolute atomic E-state index is 0.0676. The second-order valence-electron chi connectivity index (χ2n) is 12.5. The number of aliphatic hydroxyl groups excluding tert-OH is 2. The van der Waals surface area contributed by atoms with Crippen molar-refractivity contribution in [1.82, 2.24) is 0 Å². The van der Waals surface area contributed by atoms with Crippen LogP contribution in [0, 0.1) is 28.6 Å². The van der Waals surface area contributed by atoms with Gasteiger partial charge in [-0.1, -0.05) is 25.5 Å². The van der Waals surface area contributed by atoms with Gasteiger partial charge in [0.25, 0.3) is 0 Å². The van der Waals surface area contributed by atoms with Gasteiger partial charge in [0, 0.05) is 23.7 Å². The molecule has 0 amide bonds. The van der Waals surface area contributed by atoms with Crippen LogP contribution in [0.15, 0.2) is 23.8 Å². The predicted molar refractivity (Wildman–Crippen MR) is 131 cm³/mol. The molecule has 4 aliphatic rings. The number of rotatable bonds is 2. The number of fused-ring (bicyclic) bond motifs is 5. The van der Waals surface area contributed by atoms with Gasteiger partial charge in [0.2, 0.25) is 0 Å². The van der Waals surface area contributed by atoms with E-state index in [-0.39, 0.29) is 29.7 Å². The highest BCUT2D eigenvalue weighted by Crippen LogP contribution is 2.70. The summed E-state index contributed by atoms with van der Waals surface area (Å²) >= 11 is 0. The zero-order chi connectivity index (χ0) is 27.5. The van der Waals surface area contributed by atoms with Crippen LogP contribution in [0.25, 0.3) is 0 Å². The Morgan fingerprint density at radius 2 is 1.83 bits per heavy atom. The maximum Gasteiger partial charge on any atom is 0.303 e. The number of carbonyl (C=O) groups is 3. The van der Waals surface area contributed by atoms with Gasteiger partial charge < -0.3 is 20.1 Å². The molecule has 7 nitrogen and oxygen atoms in total. The molecule has 3 fully saturated rings. The van der Waals surface area contributed by atoms with Crippen LogP contribution in [0.2, 0.25) is 0 Å². The van der Waals surface area contributed by atoms with E-state index in [1.165, 1.54) is 19.1 Å². The molecule has 0 heterocycles. The first-order chi connectivity index (χ1) is 16.4. The predicted octanol–water partition coefficient (Wildman–Crippen LogP) is 3.24. The molecule has 202 valence electrons. The minimum Gasteiger partial charge on any atom is -0.460 e. The molecule has 0 radical (unpaired) electrons. The molecule has 0 aromatic heterocycles. The van der Waals surface area contributed by atoms with Crippen molar-refractivity contribution in [3.63, 3.8) is 0 Å². The number of aliphatic hydroxyl groups is 3. The number of ketones is 2. The van der Waals surface area contributed by atoms with Gasteiger partial charge in [-0.3, -0.25) is 14.4 Å². The summed E-state index contributed by atoms with van der Waals surface area (Å²) in [5.41, 5.74) is -5.50. The minimum atomic E-state index is -1.98. The third kappa shape index (κ3) is 4.09. The van der Waals surface area contributed by atoms with Gasteiger partial charge in [0.15, 0.2) is 17.2 Å². The van der Waals surface area contributed by atoms with Crippen molar-refractivity contribution in [2.75, 3.05) is 6.61 Å². The molecule has 36 heavy (non-hydrogen) atoms. The Morgan fingerprint density at radius 3 is 2.33 bits per heavy atom. The average molecular weight is 509 g/mol. The van der Waals surface area contributed by atoms with Crippen LogP contribution >= 0.6 is 0 Å².